The molecular formula is C13H9ClF2N4O. The van der Waals surface area contributed by atoms with Crippen LogP contribution in [0.2, 0.25) is 5.15 Å². The lowest BCUT2D eigenvalue weighted by atomic mass is 10.2. The molecule has 0 saturated carbocycles. The summed E-state index contributed by atoms with van der Waals surface area (Å²) in [4.78, 5) is 8.03. The quantitative estimate of drug-likeness (QED) is 0.798. The highest BCUT2D eigenvalue weighted by atomic mass is 35.5. The van der Waals surface area contributed by atoms with E-state index in [0.717, 1.165) is 12.1 Å². The molecule has 2 heterocycles. The molecule has 0 saturated heterocycles. The van der Waals surface area contributed by atoms with E-state index >= 15 is 0 Å². The monoisotopic (exact) mass is 310 g/mol. The average molecular weight is 311 g/mol. The van der Waals surface area contributed by atoms with E-state index in [0.29, 0.717) is 5.69 Å². The minimum atomic E-state index is -0.810. The molecule has 1 N–H and O–H groups in total. The normalized spacial score (nSPS) is 12.6. The van der Waals surface area contributed by atoms with Crippen LogP contribution < -0.4 is 5.32 Å². The largest absolute Gasteiger partial charge is 0.359 e. The number of hydrogen-bond donors (Lipinski definition) is 1. The fraction of sp³-hybridized carbons (Fsp3) is 0.154. The number of hydrogen-bond acceptors (Lipinski definition) is 5. The predicted molar refractivity (Wildman–Crippen MR) is 73.0 cm³/mol. The van der Waals surface area contributed by atoms with E-state index in [1.165, 1.54) is 12.4 Å². The predicted octanol–water partition coefficient (Wildman–Crippen LogP) is 3.72. The van der Waals surface area contributed by atoms with Gasteiger partial charge in [-0.15, -0.1) is 0 Å². The topological polar surface area (TPSA) is 63.8 Å². The number of nitrogens with zero attached hydrogens (tertiary/aromatic N) is 3. The maximum atomic E-state index is 13.5. The van der Waals surface area contributed by atoms with Gasteiger partial charge in [-0.05, 0) is 13.0 Å². The molecule has 1 unspecified atom stereocenters. The summed E-state index contributed by atoms with van der Waals surface area (Å²) in [5.41, 5.74) is 0.378. The van der Waals surface area contributed by atoms with E-state index in [1.807, 2.05) is 0 Å². The van der Waals surface area contributed by atoms with Gasteiger partial charge in [0.1, 0.15) is 5.82 Å². The fourth-order valence-electron chi connectivity index (χ4n) is 1.97. The summed E-state index contributed by atoms with van der Waals surface area (Å²) >= 11 is 5.95. The average Bonchev–Trinajstić information content (AvgIpc) is 2.82. The lowest BCUT2D eigenvalue weighted by Gasteiger charge is -2.13. The molecule has 3 rings (SSSR count). The van der Waals surface area contributed by atoms with Crippen molar-refractivity contribution >= 4 is 28.4 Å². The summed E-state index contributed by atoms with van der Waals surface area (Å²) < 4.78 is 31.7. The molecule has 0 amide bonds. The number of benzene rings is 1. The van der Waals surface area contributed by atoms with E-state index in [9.17, 15) is 8.78 Å². The molecule has 21 heavy (non-hydrogen) atoms. The van der Waals surface area contributed by atoms with Crippen molar-refractivity contribution in [3.63, 3.8) is 0 Å². The molecule has 0 radical (unpaired) electrons. The van der Waals surface area contributed by atoms with Crippen molar-refractivity contribution < 1.29 is 13.3 Å². The van der Waals surface area contributed by atoms with Crippen LogP contribution in [0.3, 0.4) is 0 Å². The van der Waals surface area contributed by atoms with Gasteiger partial charge in [-0.2, -0.15) is 0 Å². The lowest BCUT2D eigenvalue weighted by Crippen LogP contribution is -2.10. The Morgan fingerprint density at radius 3 is 2.76 bits per heavy atom. The van der Waals surface area contributed by atoms with Crippen molar-refractivity contribution in [1.29, 1.82) is 0 Å². The van der Waals surface area contributed by atoms with Crippen molar-refractivity contribution in [2.45, 2.75) is 13.0 Å². The summed E-state index contributed by atoms with van der Waals surface area (Å²) in [5.74, 6) is -1.32. The fourth-order valence-corrected chi connectivity index (χ4v) is 2.24. The molecule has 5 nitrogen and oxygen atoms in total. The zero-order valence-corrected chi connectivity index (χ0v) is 11.5. The number of halogens is 3. The highest BCUT2D eigenvalue weighted by Crippen LogP contribution is 2.29. The third kappa shape index (κ3) is 2.52. The van der Waals surface area contributed by atoms with Crippen LogP contribution in [-0.2, 0) is 0 Å². The van der Waals surface area contributed by atoms with Crippen molar-refractivity contribution in [1.82, 2.24) is 15.1 Å². The van der Waals surface area contributed by atoms with Crippen LogP contribution in [0, 0.1) is 11.6 Å². The van der Waals surface area contributed by atoms with Crippen LogP contribution in [0.5, 0.6) is 0 Å². The first-order valence-electron chi connectivity index (χ1n) is 6.03. The van der Waals surface area contributed by atoms with Crippen molar-refractivity contribution in [3.05, 3.63) is 47.0 Å². The van der Waals surface area contributed by atoms with E-state index < -0.39 is 11.6 Å². The molecule has 0 spiro atoms. The summed E-state index contributed by atoms with van der Waals surface area (Å²) in [6.45, 7) is 1.77. The molecule has 2 aromatic heterocycles. The van der Waals surface area contributed by atoms with Gasteiger partial charge in [0.05, 0.1) is 17.1 Å². The van der Waals surface area contributed by atoms with Gasteiger partial charge in [-0.1, -0.05) is 16.8 Å². The van der Waals surface area contributed by atoms with Gasteiger partial charge in [-0.25, -0.2) is 13.8 Å². The van der Waals surface area contributed by atoms with Gasteiger partial charge < -0.3 is 9.84 Å². The third-order valence-electron chi connectivity index (χ3n) is 2.93. The smallest absolute Gasteiger partial charge is 0.204 e. The Morgan fingerprint density at radius 2 is 2.00 bits per heavy atom. The Labute approximate surface area is 122 Å². The molecular weight excluding hydrogens is 302 g/mol. The SMILES string of the molecule is CC(Nc1noc2c(F)cc(F)cc12)c1nccnc1Cl. The van der Waals surface area contributed by atoms with Gasteiger partial charge in [0, 0.05) is 18.5 Å². The van der Waals surface area contributed by atoms with Gasteiger partial charge >= 0.3 is 0 Å². The number of anilines is 1. The molecule has 0 aliphatic carbocycles. The summed E-state index contributed by atoms with van der Waals surface area (Å²) in [6.07, 6.45) is 2.97. The molecule has 3 aromatic rings. The maximum Gasteiger partial charge on any atom is 0.204 e. The number of fused-ring (bicyclic) bond motifs is 1. The lowest BCUT2D eigenvalue weighted by molar-refractivity contribution is 0.441. The first-order chi connectivity index (χ1) is 10.1. The van der Waals surface area contributed by atoms with E-state index in [1.54, 1.807) is 6.92 Å². The molecule has 108 valence electrons. The molecule has 8 heteroatoms. The van der Waals surface area contributed by atoms with E-state index in [-0.39, 0.29) is 28.0 Å². The molecule has 1 atom stereocenters. The highest BCUT2D eigenvalue weighted by molar-refractivity contribution is 6.30. The minimum Gasteiger partial charge on any atom is -0.359 e. The second kappa shape index (κ2) is 5.25. The summed E-state index contributed by atoms with van der Waals surface area (Å²) in [6, 6.07) is 1.51. The molecule has 0 fully saturated rings. The van der Waals surface area contributed by atoms with E-state index in [2.05, 4.69) is 20.4 Å². The van der Waals surface area contributed by atoms with Crippen molar-refractivity contribution in [2.24, 2.45) is 0 Å². The zero-order valence-electron chi connectivity index (χ0n) is 10.8. The molecule has 1 aromatic carbocycles. The van der Waals surface area contributed by atoms with Gasteiger partial charge in [0.25, 0.3) is 0 Å². The van der Waals surface area contributed by atoms with Crippen molar-refractivity contribution in [3.8, 4) is 0 Å². The maximum absolute atomic E-state index is 13.5. The summed E-state index contributed by atoms with van der Waals surface area (Å²) in [7, 11) is 0. The minimum absolute atomic E-state index is 0.114. The first kappa shape index (κ1) is 13.7. The molecule has 0 aliphatic heterocycles. The van der Waals surface area contributed by atoms with Crippen LogP contribution in [-0.4, -0.2) is 15.1 Å². The Balaban J connectivity index is 1.97. The zero-order chi connectivity index (χ0) is 15.0. The number of aromatic nitrogens is 3. The van der Waals surface area contributed by atoms with E-state index in [4.69, 9.17) is 16.1 Å². The third-order valence-corrected chi connectivity index (χ3v) is 3.23. The molecule has 0 aliphatic rings. The summed E-state index contributed by atoms with van der Waals surface area (Å²) in [5, 5.41) is 7.11. The van der Waals surface area contributed by atoms with Crippen LogP contribution in [0.15, 0.2) is 29.0 Å². The van der Waals surface area contributed by atoms with Gasteiger partial charge in [-0.3, -0.25) is 4.98 Å². The Morgan fingerprint density at radius 1 is 1.24 bits per heavy atom. The highest BCUT2D eigenvalue weighted by Gasteiger charge is 2.18. The molecule has 0 bridgehead atoms. The number of nitrogens with one attached hydrogen (secondary N) is 1. The number of rotatable bonds is 3. The Bertz CT molecular complexity index is 808. The van der Waals surface area contributed by atoms with Crippen LogP contribution in [0.25, 0.3) is 11.0 Å². The second-order valence-electron chi connectivity index (χ2n) is 4.39. The standard InChI is InChI=1S/C13H9ClF2N4O/c1-6(10-12(14)18-3-2-17-10)19-13-8-4-7(15)5-9(16)11(8)21-20-13/h2-6H,1H3,(H,19,20). The van der Waals surface area contributed by atoms with Gasteiger partial charge in [0.2, 0.25) is 5.58 Å². The Hall–Kier alpha value is -2.28. The van der Waals surface area contributed by atoms with Crippen LogP contribution in [0.1, 0.15) is 18.7 Å². The second-order valence-corrected chi connectivity index (χ2v) is 4.75. The van der Waals surface area contributed by atoms with Gasteiger partial charge in [0.15, 0.2) is 16.8 Å². The van der Waals surface area contributed by atoms with Crippen LogP contribution in [0.4, 0.5) is 14.6 Å². The van der Waals surface area contributed by atoms with Crippen LogP contribution >= 0.6 is 11.6 Å². The Kier molecular flexibility index (Phi) is 3.42. The first-order valence-corrected chi connectivity index (χ1v) is 6.41. The van der Waals surface area contributed by atoms with Crippen molar-refractivity contribution in [2.75, 3.05) is 5.32 Å².